The van der Waals surface area contributed by atoms with Crippen LogP contribution in [0.1, 0.15) is 25.3 Å². The summed E-state index contributed by atoms with van der Waals surface area (Å²) in [6.07, 6.45) is -0.0811. The van der Waals surface area contributed by atoms with E-state index in [-0.39, 0.29) is 42.4 Å². The van der Waals surface area contributed by atoms with Crippen molar-refractivity contribution in [2.24, 2.45) is 0 Å². The number of halogens is 1. The molecule has 0 spiro atoms. The van der Waals surface area contributed by atoms with E-state index in [4.69, 9.17) is 11.6 Å². The smallest absolute Gasteiger partial charge is 0.313 e. The minimum atomic E-state index is -0.580. The second-order valence-corrected chi connectivity index (χ2v) is 4.49. The topological polar surface area (TPSA) is 86.5 Å². The van der Waals surface area contributed by atoms with Crippen LogP contribution in [0.15, 0.2) is 18.2 Å². The molecule has 0 aliphatic heterocycles. The minimum Gasteiger partial charge on any atom is -0.466 e. The van der Waals surface area contributed by atoms with Crippen molar-refractivity contribution < 1.29 is 19.2 Å². The number of benzene rings is 1. The molecule has 1 aromatic carbocycles. The van der Waals surface area contributed by atoms with Gasteiger partial charge >= 0.3 is 5.97 Å². The Bertz CT molecular complexity index is 529. The normalized spacial score (nSPS) is 10.1. The lowest BCUT2D eigenvalue weighted by molar-refractivity contribution is -0.385. The molecule has 0 aliphatic carbocycles. The van der Waals surface area contributed by atoms with Crippen LogP contribution in [-0.2, 0) is 20.7 Å². The maximum Gasteiger partial charge on any atom is 0.313 e. The number of aryl methyl sites for hydroxylation is 1. The number of carbonyl (C=O) groups is 2. The third kappa shape index (κ3) is 4.97. The molecule has 0 unspecified atom stereocenters. The highest BCUT2D eigenvalue weighted by molar-refractivity contribution is 6.30. The van der Waals surface area contributed by atoms with Crippen molar-refractivity contribution in [3.8, 4) is 0 Å². The Kier molecular flexibility index (Phi) is 6.11. The van der Waals surface area contributed by atoms with Crippen LogP contribution in [0.25, 0.3) is 0 Å². The summed E-state index contributed by atoms with van der Waals surface area (Å²) < 4.78 is 4.66. The molecule has 0 aliphatic rings. The Hall–Kier alpha value is -1.95. The Balaban J connectivity index is 2.64. The van der Waals surface area contributed by atoms with Gasteiger partial charge in [-0.15, -0.1) is 0 Å². The van der Waals surface area contributed by atoms with Gasteiger partial charge in [0, 0.05) is 23.1 Å². The number of rotatable bonds is 7. The molecule has 7 heteroatoms. The third-order valence-electron chi connectivity index (χ3n) is 2.56. The first kappa shape index (κ1) is 16.1. The molecule has 0 aromatic heterocycles. The van der Waals surface area contributed by atoms with Crippen LogP contribution in [0.2, 0.25) is 5.02 Å². The minimum absolute atomic E-state index is 0.0429. The molecule has 0 N–H and O–H groups in total. The number of hydrogen-bond donors (Lipinski definition) is 0. The summed E-state index contributed by atoms with van der Waals surface area (Å²) >= 11 is 5.69. The molecule has 6 nitrogen and oxygen atoms in total. The molecule has 20 heavy (non-hydrogen) atoms. The van der Waals surface area contributed by atoms with Gasteiger partial charge in [-0.2, -0.15) is 0 Å². The van der Waals surface area contributed by atoms with Crippen molar-refractivity contribution in [3.63, 3.8) is 0 Å². The molecule has 108 valence electrons. The van der Waals surface area contributed by atoms with E-state index in [0.717, 1.165) is 0 Å². The molecule has 0 heterocycles. The maximum atomic E-state index is 11.6. The van der Waals surface area contributed by atoms with E-state index < -0.39 is 10.9 Å². The van der Waals surface area contributed by atoms with E-state index in [1.807, 2.05) is 0 Å². The number of carbonyl (C=O) groups excluding carboxylic acids is 2. The van der Waals surface area contributed by atoms with Gasteiger partial charge in [0.25, 0.3) is 5.69 Å². The van der Waals surface area contributed by atoms with Crippen molar-refractivity contribution in [2.45, 2.75) is 26.2 Å². The van der Waals surface area contributed by atoms with Crippen LogP contribution in [0.3, 0.4) is 0 Å². The first-order chi connectivity index (χ1) is 9.43. The van der Waals surface area contributed by atoms with Gasteiger partial charge < -0.3 is 4.74 Å². The van der Waals surface area contributed by atoms with E-state index >= 15 is 0 Å². The lowest BCUT2D eigenvalue weighted by Crippen LogP contribution is -2.12. The standard InChI is InChI=1S/C13H14ClNO5/c1-2-20-13(17)8-11(16)6-4-9-3-5-10(14)7-12(9)15(18)19/h3,5,7H,2,4,6,8H2,1H3. The average molecular weight is 300 g/mol. The zero-order valence-electron chi connectivity index (χ0n) is 10.9. The molecular formula is C13H14ClNO5. The number of Topliss-reactive ketones (excluding diaryl/α,β-unsaturated/α-hetero) is 1. The average Bonchev–Trinajstić information content (AvgIpc) is 2.37. The highest BCUT2D eigenvalue weighted by Gasteiger charge is 2.16. The fourth-order valence-electron chi connectivity index (χ4n) is 1.65. The Morgan fingerprint density at radius 2 is 2.10 bits per heavy atom. The molecule has 0 radical (unpaired) electrons. The van der Waals surface area contributed by atoms with Crippen LogP contribution >= 0.6 is 11.6 Å². The SMILES string of the molecule is CCOC(=O)CC(=O)CCc1ccc(Cl)cc1[N+](=O)[O-]. The summed E-state index contributed by atoms with van der Waals surface area (Å²) in [6.45, 7) is 1.87. The summed E-state index contributed by atoms with van der Waals surface area (Å²) in [5.41, 5.74) is 0.290. The first-order valence-corrected chi connectivity index (χ1v) is 6.42. The molecule has 1 rings (SSSR count). The van der Waals surface area contributed by atoms with E-state index in [2.05, 4.69) is 4.74 Å². The quantitative estimate of drug-likeness (QED) is 0.334. The van der Waals surface area contributed by atoms with Crippen molar-refractivity contribution >= 4 is 29.0 Å². The van der Waals surface area contributed by atoms with Crippen molar-refractivity contribution in [3.05, 3.63) is 38.9 Å². The molecule has 0 saturated heterocycles. The van der Waals surface area contributed by atoms with Crippen molar-refractivity contribution in [1.82, 2.24) is 0 Å². The van der Waals surface area contributed by atoms with Gasteiger partial charge in [0.1, 0.15) is 12.2 Å². The van der Waals surface area contributed by atoms with E-state index in [0.29, 0.717) is 5.56 Å². The highest BCUT2D eigenvalue weighted by Crippen LogP contribution is 2.24. The van der Waals surface area contributed by atoms with Gasteiger partial charge in [-0.3, -0.25) is 19.7 Å². The predicted octanol–water partition coefficient (Wildman–Crippen LogP) is 2.70. The number of hydrogen-bond acceptors (Lipinski definition) is 5. The molecule has 0 fully saturated rings. The van der Waals surface area contributed by atoms with E-state index in [1.165, 1.54) is 18.2 Å². The summed E-state index contributed by atoms with van der Waals surface area (Å²) in [7, 11) is 0. The Morgan fingerprint density at radius 1 is 1.40 bits per heavy atom. The van der Waals surface area contributed by atoms with Crippen molar-refractivity contribution in [2.75, 3.05) is 6.61 Å². The summed E-state index contributed by atoms with van der Waals surface area (Å²) in [5.74, 6) is -0.893. The third-order valence-corrected chi connectivity index (χ3v) is 2.80. The van der Waals surface area contributed by atoms with E-state index in [9.17, 15) is 19.7 Å². The van der Waals surface area contributed by atoms with E-state index in [1.54, 1.807) is 6.92 Å². The summed E-state index contributed by atoms with van der Waals surface area (Å²) in [6, 6.07) is 4.28. The maximum absolute atomic E-state index is 11.6. The number of ketones is 1. The second-order valence-electron chi connectivity index (χ2n) is 4.05. The van der Waals surface area contributed by atoms with Crippen LogP contribution < -0.4 is 0 Å². The number of nitrogens with zero attached hydrogens (tertiary/aromatic N) is 1. The molecule has 0 bridgehead atoms. The van der Waals surface area contributed by atoms with Gasteiger partial charge in [-0.1, -0.05) is 17.7 Å². The predicted molar refractivity (Wildman–Crippen MR) is 72.7 cm³/mol. The van der Waals surface area contributed by atoms with Crippen LogP contribution in [0.4, 0.5) is 5.69 Å². The van der Waals surface area contributed by atoms with Crippen molar-refractivity contribution in [1.29, 1.82) is 0 Å². The van der Waals surface area contributed by atoms with Gasteiger partial charge in [0.15, 0.2) is 0 Å². The van der Waals surface area contributed by atoms with Gasteiger partial charge in [0.05, 0.1) is 11.5 Å². The molecule has 0 amide bonds. The van der Waals surface area contributed by atoms with Gasteiger partial charge in [-0.05, 0) is 19.4 Å². The molecule has 0 saturated carbocycles. The number of esters is 1. The largest absolute Gasteiger partial charge is 0.466 e. The highest BCUT2D eigenvalue weighted by atomic mass is 35.5. The number of ether oxygens (including phenoxy) is 1. The number of nitro groups is 1. The second kappa shape index (κ2) is 7.59. The summed E-state index contributed by atoms with van der Waals surface area (Å²) in [5, 5.41) is 11.1. The summed E-state index contributed by atoms with van der Waals surface area (Å²) in [4.78, 5) is 33.0. The van der Waals surface area contributed by atoms with Gasteiger partial charge in [0.2, 0.25) is 0 Å². The fraction of sp³-hybridized carbons (Fsp3) is 0.385. The monoisotopic (exact) mass is 299 g/mol. The fourth-order valence-corrected chi connectivity index (χ4v) is 1.82. The number of nitro benzene ring substituents is 1. The first-order valence-electron chi connectivity index (χ1n) is 6.04. The lowest BCUT2D eigenvalue weighted by Gasteiger charge is -2.04. The van der Waals surface area contributed by atoms with Crippen LogP contribution in [0, 0.1) is 10.1 Å². The lowest BCUT2D eigenvalue weighted by atomic mass is 10.0. The zero-order valence-corrected chi connectivity index (χ0v) is 11.7. The zero-order chi connectivity index (χ0) is 15.1. The molecular weight excluding hydrogens is 286 g/mol. The Morgan fingerprint density at radius 3 is 2.70 bits per heavy atom. The van der Waals surface area contributed by atoms with Gasteiger partial charge in [-0.25, -0.2) is 0 Å². The van der Waals surface area contributed by atoms with Crippen LogP contribution in [-0.4, -0.2) is 23.3 Å². The molecule has 1 aromatic rings. The molecule has 0 atom stereocenters. The Labute approximate surface area is 120 Å². The van der Waals surface area contributed by atoms with Crippen LogP contribution in [0.5, 0.6) is 0 Å².